The molecule has 0 aliphatic heterocycles. The van der Waals surface area contributed by atoms with Gasteiger partial charge in [-0.2, -0.15) is 0 Å². The maximum atomic E-state index is 12.6. The first-order valence-corrected chi connectivity index (χ1v) is 11.8. The van der Waals surface area contributed by atoms with Crippen LogP contribution in [0, 0.1) is 11.8 Å². The Balaban J connectivity index is 1.62. The molecule has 0 unspecified atom stereocenters. The summed E-state index contributed by atoms with van der Waals surface area (Å²) in [6.07, 6.45) is 0.798. The lowest BCUT2D eigenvalue weighted by atomic mass is 9.97. The lowest BCUT2D eigenvalue weighted by Gasteiger charge is -2.08. The second-order valence-corrected chi connectivity index (χ2v) is 8.96. The van der Waals surface area contributed by atoms with Gasteiger partial charge in [-0.05, 0) is 42.3 Å². The molecule has 0 bridgehead atoms. The summed E-state index contributed by atoms with van der Waals surface area (Å²) in [7, 11) is -3.69. The van der Waals surface area contributed by atoms with Crippen molar-refractivity contribution in [1.29, 1.82) is 0 Å². The van der Waals surface area contributed by atoms with Crippen LogP contribution in [0.25, 0.3) is 0 Å². The van der Waals surface area contributed by atoms with Crippen LogP contribution in [0.4, 0.5) is 5.69 Å². The number of nitrogens with one attached hydrogen (secondary N) is 1. The summed E-state index contributed by atoms with van der Waals surface area (Å²) in [5, 5.41) is 8.88. The number of carbonyl (C=O) groups is 2. The predicted molar refractivity (Wildman–Crippen MR) is 127 cm³/mol. The molecule has 33 heavy (non-hydrogen) atoms. The lowest BCUT2D eigenvalue weighted by Crippen LogP contribution is -2.12. The molecule has 3 aromatic rings. The van der Waals surface area contributed by atoms with E-state index in [-0.39, 0.29) is 23.5 Å². The number of hydrogen-bond donors (Lipinski definition) is 2. The van der Waals surface area contributed by atoms with Gasteiger partial charge in [-0.25, -0.2) is 8.42 Å². The largest absolute Gasteiger partial charge is 0.481 e. The molecular weight excluding hydrogens is 438 g/mol. The maximum Gasteiger partial charge on any atom is 0.303 e. The van der Waals surface area contributed by atoms with Crippen LogP contribution in [-0.4, -0.2) is 25.3 Å². The van der Waals surface area contributed by atoms with Gasteiger partial charge in [-0.15, -0.1) is 0 Å². The highest BCUT2D eigenvalue weighted by Crippen LogP contribution is 2.17. The Morgan fingerprint density at radius 1 is 0.879 bits per heavy atom. The molecule has 6 nitrogen and oxygen atoms in total. The summed E-state index contributed by atoms with van der Waals surface area (Å²) in [6, 6.07) is 21.8. The molecule has 3 rings (SSSR count). The van der Waals surface area contributed by atoms with Gasteiger partial charge >= 0.3 is 5.97 Å². The SMILES string of the molecule is O=C(O)CCc1ccccc1C(=O)CCC#Cc1cccc(NS(=O)(=O)c2ccccc2)c1. The maximum absolute atomic E-state index is 12.6. The van der Waals surface area contributed by atoms with Crippen LogP contribution in [0.2, 0.25) is 0 Å². The lowest BCUT2D eigenvalue weighted by molar-refractivity contribution is -0.136. The molecule has 0 saturated carbocycles. The van der Waals surface area contributed by atoms with E-state index in [4.69, 9.17) is 5.11 Å². The van der Waals surface area contributed by atoms with Crippen molar-refractivity contribution in [2.45, 2.75) is 30.6 Å². The zero-order valence-electron chi connectivity index (χ0n) is 17.8. The van der Waals surface area contributed by atoms with Gasteiger partial charge in [0.1, 0.15) is 0 Å². The van der Waals surface area contributed by atoms with Crippen molar-refractivity contribution in [1.82, 2.24) is 0 Å². The van der Waals surface area contributed by atoms with Crippen molar-refractivity contribution in [3.63, 3.8) is 0 Å². The number of Topliss-reactive ketones (excluding diaryl/α,β-unsaturated/α-hetero) is 1. The van der Waals surface area contributed by atoms with E-state index in [0.29, 0.717) is 29.7 Å². The summed E-state index contributed by atoms with van der Waals surface area (Å²) in [6.45, 7) is 0. The number of anilines is 1. The number of aryl methyl sites for hydroxylation is 1. The summed E-state index contributed by atoms with van der Waals surface area (Å²) in [5.74, 6) is 4.91. The fraction of sp³-hybridized carbons (Fsp3) is 0.154. The van der Waals surface area contributed by atoms with E-state index < -0.39 is 16.0 Å². The van der Waals surface area contributed by atoms with Crippen LogP contribution in [-0.2, 0) is 21.2 Å². The summed E-state index contributed by atoms with van der Waals surface area (Å²) in [5.41, 5.74) is 2.26. The minimum atomic E-state index is -3.69. The molecule has 2 N–H and O–H groups in total. The minimum Gasteiger partial charge on any atom is -0.481 e. The number of hydrogen-bond acceptors (Lipinski definition) is 4. The van der Waals surface area contributed by atoms with Crippen molar-refractivity contribution in [2.24, 2.45) is 0 Å². The van der Waals surface area contributed by atoms with Crippen LogP contribution in [0.5, 0.6) is 0 Å². The van der Waals surface area contributed by atoms with Gasteiger partial charge in [0.05, 0.1) is 10.6 Å². The van der Waals surface area contributed by atoms with E-state index >= 15 is 0 Å². The molecule has 0 atom stereocenters. The van der Waals surface area contributed by atoms with Crippen molar-refractivity contribution < 1.29 is 23.1 Å². The van der Waals surface area contributed by atoms with E-state index in [9.17, 15) is 18.0 Å². The number of carboxylic acid groups (broad SMARTS) is 1. The highest BCUT2D eigenvalue weighted by molar-refractivity contribution is 7.92. The number of rotatable bonds is 9. The van der Waals surface area contributed by atoms with Gasteiger partial charge < -0.3 is 5.11 Å². The van der Waals surface area contributed by atoms with Crippen LogP contribution in [0.15, 0.2) is 83.8 Å². The third-order valence-corrected chi connectivity index (χ3v) is 6.20. The van der Waals surface area contributed by atoms with Crippen LogP contribution in [0.3, 0.4) is 0 Å². The summed E-state index contributed by atoms with van der Waals surface area (Å²) < 4.78 is 27.5. The standard InChI is InChI=1S/C26H23NO5S/c28-25(24-15-6-5-11-21(24)17-18-26(29)30)16-7-4-9-20-10-8-12-22(19-20)27-33(31,32)23-13-2-1-3-14-23/h1-3,5-6,8,10-15,19,27H,7,16-18H2,(H,29,30). The molecule has 0 heterocycles. The quantitative estimate of drug-likeness (QED) is 0.360. The Hall–Kier alpha value is -3.89. The molecule has 7 heteroatoms. The molecule has 3 aromatic carbocycles. The third kappa shape index (κ3) is 7.06. The van der Waals surface area contributed by atoms with Crippen molar-refractivity contribution in [2.75, 3.05) is 4.72 Å². The predicted octanol–water partition coefficient (Wildman–Crippen LogP) is 4.52. The Morgan fingerprint density at radius 3 is 2.36 bits per heavy atom. The monoisotopic (exact) mass is 461 g/mol. The summed E-state index contributed by atoms with van der Waals surface area (Å²) >= 11 is 0. The number of benzene rings is 3. The number of aliphatic carboxylic acids is 1. The second kappa shape index (κ2) is 11.1. The molecule has 0 saturated heterocycles. The number of carboxylic acids is 1. The smallest absolute Gasteiger partial charge is 0.303 e. The molecule has 0 aliphatic rings. The van der Waals surface area contributed by atoms with Crippen LogP contribution in [0.1, 0.15) is 40.7 Å². The van der Waals surface area contributed by atoms with E-state index in [2.05, 4.69) is 16.6 Å². The minimum absolute atomic E-state index is 0.0333. The van der Waals surface area contributed by atoms with Crippen LogP contribution >= 0.6 is 0 Å². The van der Waals surface area contributed by atoms with Crippen molar-refractivity contribution in [3.8, 4) is 11.8 Å². The van der Waals surface area contributed by atoms with Crippen molar-refractivity contribution >= 4 is 27.5 Å². The summed E-state index contributed by atoms with van der Waals surface area (Å²) in [4.78, 5) is 23.6. The third-order valence-electron chi connectivity index (χ3n) is 4.80. The molecular formula is C26H23NO5S. The number of ketones is 1. The topological polar surface area (TPSA) is 101 Å². The molecule has 0 fully saturated rings. The Labute approximate surface area is 193 Å². The van der Waals surface area contributed by atoms with Gasteiger partial charge in [0, 0.05) is 30.4 Å². The Morgan fingerprint density at radius 2 is 1.61 bits per heavy atom. The van der Waals surface area contributed by atoms with E-state index in [1.54, 1.807) is 66.7 Å². The molecule has 0 spiro atoms. The number of carbonyl (C=O) groups excluding carboxylic acids is 1. The highest BCUT2D eigenvalue weighted by Gasteiger charge is 2.13. The average molecular weight is 462 g/mol. The molecule has 0 amide bonds. The normalized spacial score (nSPS) is 10.7. The van der Waals surface area contributed by atoms with E-state index in [0.717, 1.165) is 5.56 Å². The molecule has 0 radical (unpaired) electrons. The fourth-order valence-electron chi connectivity index (χ4n) is 3.20. The second-order valence-electron chi connectivity index (χ2n) is 7.28. The molecule has 0 aromatic heterocycles. The first-order valence-electron chi connectivity index (χ1n) is 10.3. The Kier molecular flexibility index (Phi) is 8.01. The number of sulfonamides is 1. The first kappa shape index (κ1) is 23.8. The van der Waals surface area contributed by atoms with Gasteiger partial charge in [-0.1, -0.05) is 60.4 Å². The van der Waals surface area contributed by atoms with Gasteiger partial charge in [0.15, 0.2) is 5.78 Å². The zero-order chi connectivity index (χ0) is 23.7. The van der Waals surface area contributed by atoms with E-state index in [1.807, 2.05) is 0 Å². The van der Waals surface area contributed by atoms with Crippen LogP contribution < -0.4 is 4.72 Å². The highest BCUT2D eigenvalue weighted by atomic mass is 32.2. The molecule has 0 aliphatic carbocycles. The average Bonchev–Trinajstić information content (AvgIpc) is 2.81. The fourth-order valence-corrected chi connectivity index (χ4v) is 4.27. The Bertz CT molecular complexity index is 1310. The van der Waals surface area contributed by atoms with Crippen molar-refractivity contribution in [3.05, 3.63) is 95.6 Å². The van der Waals surface area contributed by atoms with E-state index in [1.165, 1.54) is 12.1 Å². The van der Waals surface area contributed by atoms with Gasteiger partial charge in [0.25, 0.3) is 10.0 Å². The molecule has 168 valence electrons. The first-order chi connectivity index (χ1) is 15.8. The zero-order valence-corrected chi connectivity index (χ0v) is 18.6. The van der Waals surface area contributed by atoms with Gasteiger partial charge in [-0.3, -0.25) is 14.3 Å². The van der Waals surface area contributed by atoms with Gasteiger partial charge in [0.2, 0.25) is 0 Å².